The number of hydrogen-bond acceptors (Lipinski definition) is 3. The lowest BCUT2D eigenvalue weighted by atomic mass is 9.97. The fourth-order valence-corrected chi connectivity index (χ4v) is 8.41. The number of hydrogen-bond donors (Lipinski definition) is 0. The minimum absolute atomic E-state index is 0.681. The summed E-state index contributed by atoms with van der Waals surface area (Å²) in [7, 11) is 0. The second kappa shape index (κ2) is 10.0. The van der Waals surface area contributed by atoms with Crippen LogP contribution in [0.4, 0.5) is 0 Å². The van der Waals surface area contributed by atoms with Crippen LogP contribution in [-0.2, 0) is 0 Å². The van der Waals surface area contributed by atoms with Gasteiger partial charge in [0.1, 0.15) is 16.0 Å². The molecule has 10 rings (SSSR count). The van der Waals surface area contributed by atoms with Crippen molar-refractivity contribution >= 4 is 75.7 Å². The molecule has 9 aromatic rings. The lowest BCUT2D eigenvalue weighted by Gasteiger charge is -2.14. The summed E-state index contributed by atoms with van der Waals surface area (Å²) >= 11 is 1.80. The average molecular weight is 619 g/mol. The predicted octanol–water partition coefficient (Wildman–Crippen LogP) is 11.4. The van der Waals surface area contributed by atoms with E-state index in [0.29, 0.717) is 5.56 Å². The van der Waals surface area contributed by atoms with Gasteiger partial charge in [0.25, 0.3) is 0 Å². The van der Waals surface area contributed by atoms with Crippen LogP contribution >= 0.6 is 11.3 Å². The summed E-state index contributed by atoms with van der Waals surface area (Å²) in [6, 6.07) is 41.5. The normalized spacial score (nSPS) is 13.4. The number of allylic oxidation sites excluding steroid dienone is 4. The molecule has 5 aromatic carbocycles. The van der Waals surface area contributed by atoms with Crippen molar-refractivity contribution in [2.45, 2.75) is 12.8 Å². The first-order chi connectivity index (χ1) is 23.2. The summed E-state index contributed by atoms with van der Waals surface area (Å²) in [6.45, 7) is 0. The van der Waals surface area contributed by atoms with Crippen molar-refractivity contribution < 1.29 is 0 Å². The van der Waals surface area contributed by atoms with Crippen LogP contribution in [0.5, 0.6) is 0 Å². The number of pyridine rings is 1. The third kappa shape index (κ3) is 4.02. The molecule has 1 aliphatic carbocycles. The molecule has 0 atom stereocenters. The molecular weight excluding hydrogens is 593 g/mol. The lowest BCUT2D eigenvalue weighted by Crippen LogP contribution is -1.98. The van der Waals surface area contributed by atoms with Gasteiger partial charge in [-0.15, -0.1) is 11.3 Å². The van der Waals surface area contributed by atoms with Crippen molar-refractivity contribution in [1.29, 1.82) is 5.26 Å². The van der Waals surface area contributed by atoms with Gasteiger partial charge in [-0.25, -0.2) is 4.98 Å². The minimum Gasteiger partial charge on any atom is -0.313 e. The first-order valence-corrected chi connectivity index (χ1v) is 16.7. The van der Waals surface area contributed by atoms with Gasteiger partial charge in [0.15, 0.2) is 0 Å². The molecular formula is C42H26N4S. The van der Waals surface area contributed by atoms with Crippen LogP contribution in [0.1, 0.15) is 18.4 Å². The van der Waals surface area contributed by atoms with E-state index in [-0.39, 0.29) is 0 Å². The molecule has 0 N–H and O–H groups in total. The maximum absolute atomic E-state index is 9.64. The predicted molar refractivity (Wildman–Crippen MR) is 197 cm³/mol. The van der Waals surface area contributed by atoms with Gasteiger partial charge < -0.3 is 4.57 Å². The first kappa shape index (κ1) is 26.3. The summed E-state index contributed by atoms with van der Waals surface area (Å²) in [6.07, 6.45) is 10.8. The van der Waals surface area contributed by atoms with Gasteiger partial charge in [0.2, 0.25) is 0 Å². The number of fused-ring (bicyclic) bond motifs is 9. The molecule has 4 heterocycles. The number of benzene rings is 5. The SMILES string of the molecule is N#Cc1ccc2c3cc(-c4ccc5cc(-c6ccc7nc8c9ccccc9sc8n7c6)ccc5c4)ccc3n(C3=CC=CCC3)c2c1. The van der Waals surface area contributed by atoms with Gasteiger partial charge in [-0.1, -0.05) is 66.7 Å². The molecule has 0 aliphatic heterocycles. The van der Waals surface area contributed by atoms with E-state index in [1.54, 1.807) is 11.3 Å². The van der Waals surface area contributed by atoms with Crippen LogP contribution in [0, 0.1) is 11.3 Å². The Balaban J connectivity index is 1.05. The van der Waals surface area contributed by atoms with Crippen LogP contribution in [0.3, 0.4) is 0 Å². The van der Waals surface area contributed by atoms with Crippen molar-refractivity contribution in [3.05, 3.63) is 139 Å². The smallest absolute Gasteiger partial charge is 0.138 e. The summed E-state index contributed by atoms with van der Waals surface area (Å²) in [5.74, 6) is 0. The van der Waals surface area contributed by atoms with Gasteiger partial charge in [0.05, 0.1) is 22.7 Å². The highest BCUT2D eigenvalue weighted by atomic mass is 32.1. The molecule has 0 unspecified atom stereocenters. The van der Waals surface area contributed by atoms with Crippen molar-refractivity contribution in [3.63, 3.8) is 0 Å². The number of nitrogens with zero attached hydrogens (tertiary/aromatic N) is 4. The largest absolute Gasteiger partial charge is 0.313 e. The van der Waals surface area contributed by atoms with Gasteiger partial charge in [-0.3, -0.25) is 4.40 Å². The van der Waals surface area contributed by atoms with Gasteiger partial charge in [0, 0.05) is 32.8 Å². The number of aromatic nitrogens is 3. The second-order valence-corrected chi connectivity index (χ2v) is 13.4. The zero-order valence-corrected chi connectivity index (χ0v) is 26.1. The topological polar surface area (TPSA) is 46.0 Å². The Morgan fingerprint density at radius 1 is 0.702 bits per heavy atom. The Kier molecular flexibility index (Phi) is 5.60. The molecule has 47 heavy (non-hydrogen) atoms. The van der Waals surface area contributed by atoms with E-state index in [0.717, 1.165) is 29.5 Å². The van der Waals surface area contributed by atoms with Crippen LogP contribution < -0.4 is 0 Å². The molecule has 0 saturated carbocycles. The molecule has 220 valence electrons. The lowest BCUT2D eigenvalue weighted by molar-refractivity contribution is 0.979. The molecule has 0 spiro atoms. The van der Waals surface area contributed by atoms with Gasteiger partial charge >= 0.3 is 0 Å². The quantitative estimate of drug-likeness (QED) is 0.198. The molecule has 4 nitrogen and oxygen atoms in total. The first-order valence-electron chi connectivity index (χ1n) is 15.9. The van der Waals surface area contributed by atoms with E-state index in [1.807, 2.05) is 12.1 Å². The summed E-state index contributed by atoms with van der Waals surface area (Å²) in [5, 5.41) is 15.7. The molecule has 0 saturated heterocycles. The van der Waals surface area contributed by atoms with Gasteiger partial charge in [-0.2, -0.15) is 5.26 Å². The molecule has 0 fully saturated rings. The number of rotatable bonds is 3. The fraction of sp³-hybridized carbons (Fsp3) is 0.0476. The highest BCUT2D eigenvalue weighted by Gasteiger charge is 2.17. The zero-order chi connectivity index (χ0) is 31.1. The number of imidazole rings is 1. The molecule has 0 amide bonds. The van der Waals surface area contributed by atoms with Crippen LogP contribution in [0.25, 0.3) is 86.6 Å². The van der Waals surface area contributed by atoms with E-state index in [9.17, 15) is 5.26 Å². The van der Waals surface area contributed by atoms with Crippen molar-refractivity contribution in [2.24, 2.45) is 0 Å². The average Bonchev–Trinajstić information content (AvgIpc) is 3.78. The standard InChI is InChI=1S/C42H26N4S/c43-24-26-10-17-34-36-23-31(15-18-37(36)46(38(34)20-26)33-6-2-1-3-7-33)29-12-11-28-22-30(14-13-27(28)21-29)32-16-19-40-44-41-35-8-4-5-9-39(35)47-42(41)45(40)25-32/h1-2,4-6,8-23,25H,3,7H2. The van der Waals surface area contributed by atoms with Crippen LogP contribution in [0.15, 0.2) is 134 Å². The Hall–Kier alpha value is -5.96. The molecule has 1 aliphatic rings. The highest BCUT2D eigenvalue weighted by Crippen LogP contribution is 2.38. The van der Waals surface area contributed by atoms with Gasteiger partial charge in [-0.05, 0) is 107 Å². The van der Waals surface area contributed by atoms with E-state index < -0.39 is 0 Å². The Morgan fingerprint density at radius 2 is 1.49 bits per heavy atom. The fourth-order valence-electron chi connectivity index (χ4n) is 7.28. The highest BCUT2D eigenvalue weighted by molar-refractivity contribution is 7.25. The van der Waals surface area contributed by atoms with Crippen molar-refractivity contribution in [1.82, 2.24) is 14.0 Å². The maximum atomic E-state index is 9.64. The second-order valence-electron chi connectivity index (χ2n) is 12.3. The van der Waals surface area contributed by atoms with Crippen molar-refractivity contribution in [2.75, 3.05) is 0 Å². The Bertz CT molecular complexity index is 2870. The summed E-state index contributed by atoms with van der Waals surface area (Å²) in [4.78, 5) is 6.14. The third-order valence-corrected chi connectivity index (χ3v) is 10.8. The number of thiophene rings is 1. The Morgan fingerprint density at radius 3 is 2.32 bits per heavy atom. The zero-order valence-electron chi connectivity index (χ0n) is 25.3. The summed E-state index contributed by atoms with van der Waals surface area (Å²) < 4.78 is 5.84. The van der Waals surface area contributed by atoms with E-state index in [4.69, 9.17) is 4.98 Å². The van der Waals surface area contributed by atoms with E-state index in [1.165, 1.54) is 69.9 Å². The maximum Gasteiger partial charge on any atom is 0.138 e. The Labute approximate surface area is 274 Å². The van der Waals surface area contributed by atoms with E-state index in [2.05, 4.69) is 137 Å². The van der Waals surface area contributed by atoms with Crippen LogP contribution in [0.2, 0.25) is 0 Å². The molecule has 0 bridgehead atoms. The monoisotopic (exact) mass is 618 g/mol. The molecule has 4 aromatic heterocycles. The summed E-state index contributed by atoms with van der Waals surface area (Å²) in [5.41, 5.74) is 11.0. The molecule has 0 radical (unpaired) electrons. The van der Waals surface area contributed by atoms with E-state index >= 15 is 0 Å². The van der Waals surface area contributed by atoms with Crippen LogP contribution in [-0.4, -0.2) is 14.0 Å². The minimum atomic E-state index is 0.681. The molecule has 5 heteroatoms. The number of nitriles is 1. The van der Waals surface area contributed by atoms with Crippen molar-refractivity contribution in [3.8, 4) is 28.3 Å². The third-order valence-electron chi connectivity index (χ3n) is 9.60.